The van der Waals surface area contributed by atoms with Gasteiger partial charge in [-0.15, -0.1) is 0 Å². The quantitative estimate of drug-likeness (QED) is 0.350. The van der Waals surface area contributed by atoms with Crippen molar-refractivity contribution in [3.05, 3.63) is 87.2 Å². The summed E-state index contributed by atoms with van der Waals surface area (Å²) in [4.78, 5) is 0. The second-order valence-electron chi connectivity index (χ2n) is 3.15. The summed E-state index contributed by atoms with van der Waals surface area (Å²) in [6, 6.07) is -0.400. The molecule has 0 aromatic heterocycles. The predicted octanol–water partition coefficient (Wildman–Crippen LogP) is 2.37. The molecule has 0 rings (SSSR count). The van der Waals surface area contributed by atoms with Gasteiger partial charge in [-0.2, -0.15) is 0 Å². The van der Waals surface area contributed by atoms with Crippen molar-refractivity contribution in [1.29, 1.82) is 0 Å². The maximum atomic E-state index is 8.60. The summed E-state index contributed by atoms with van der Waals surface area (Å²) in [7, 11) is 0. The van der Waals surface area contributed by atoms with Gasteiger partial charge < -0.3 is 10.9 Å². The molecule has 0 amide bonds. The van der Waals surface area contributed by atoms with Crippen LogP contribution in [-0.2, 0) is 0 Å². The van der Waals surface area contributed by atoms with Crippen molar-refractivity contribution in [2.45, 2.75) is 13.0 Å². The van der Waals surface area contributed by atoms with E-state index < -0.39 is 6.04 Å². The lowest BCUT2D eigenvalue weighted by Crippen LogP contribution is -2.24. The van der Waals surface area contributed by atoms with Gasteiger partial charge in [-0.05, 0) is 76.5 Å². The average Bonchev–Trinajstić information content (AvgIpc) is 2.47. The van der Waals surface area contributed by atoms with Crippen LogP contribution in [0.4, 0.5) is 0 Å². The number of nitrogens with two attached hydrogens (primary N) is 1. The van der Waals surface area contributed by atoms with Crippen LogP contribution >= 0.6 is 0 Å². The summed E-state index contributed by atoms with van der Waals surface area (Å²) in [6.07, 6.45) is 1.38. The van der Waals surface area contributed by atoms with E-state index in [1.807, 2.05) is 0 Å². The molecular formula is C18H10N2O. The van der Waals surface area contributed by atoms with Crippen LogP contribution in [0, 0.1) is 0 Å². The summed E-state index contributed by atoms with van der Waals surface area (Å²) in [5, 5.41) is 11.6. The molecule has 3 heteroatoms. The summed E-state index contributed by atoms with van der Waals surface area (Å²) < 4.78 is 0. The van der Waals surface area contributed by atoms with Gasteiger partial charge in [-0.3, -0.25) is 0 Å². The van der Waals surface area contributed by atoms with E-state index in [-0.39, 0.29) is 5.71 Å². The van der Waals surface area contributed by atoms with E-state index in [1.165, 1.54) is 6.08 Å². The first kappa shape index (κ1) is 17.3. The first-order valence-corrected chi connectivity index (χ1v) is 5.55. The normalized spacial score (nSPS) is 8.38. The zero-order valence-corrected chi connectivity index (χ0v) is 11.3. The molecule has 0 heterocycles. The lowest BCUT2D eigenvalue weighted by atomic mass is 10.2. The first-order valence-electron chi connectivity index (χ1n) is 5.55. The van der Waals surface area contributed by atoms with Crippen LogP contribution in [0.3, 0.4) is 0 Å². The van der Waals surface area contributed by atoms with Crippen molar-refractivity contribution in [2.75, 3.05) is 0 Å². The zero-order valence-electron chi connectivity index (χ0n) is 11.3. The molecule has 0 spiro atoms. The van der Waals surface area contributed by atoms with E-state index >= 15 is 0 Å². The Labute approximate surface area is 122 Å². The first-order chi connectivity index (χ1) is 10.2. The molecule has 98 valence electrons. The molecule has 0 aromatic carbocycles. The highest BCUT2D eigenvalue weighted by molar-refractivity contribution is 5.98. The summed E-state index contributed by atoms with van der Waals surface area (Å²) >= 11 is 0. The largest absolute Gasteiger partial charge is 0.411 e. The van der Waals surface area contributed by atoms with Gasteiger partial charge in [-0.1, -0.05) is 16.6 Å². The fourth-order valence-electron chi connectivity index (χ4n) is 0.723. The van der Waals surface area contributed by atoms with Crippen molar-refractivity contribution in [2.24, 2.45) is 10.9 Å². The Bertz CT molecular complexity index is 897. The highest BCUT2D eigenvalue weighted by atomic mass is 16.4. The molecule has 0 saturated carbocycles. The number of hydrogen-bond donors (Lipinski definition) is 2. The molecule has 1 atom stereocenters. The van der Waals surface area contributed by atoms with Crippen molar-refractivity contribution in [3.8, 4) is 0 Å². The summed E-state index contributed by atoms with van der Waals surface area (Å²) in [6.45, 7) is 4.97. The number of hydrogen-bond acceptors (Lipinski definition) is 3. The summed E-state index contributed by atoms with van der Waals surface area (Å²) in [5.74, 6) is 0. The molecule has 0 saturated heterocycles. The van der Waals surface area contributed by atoms with Gasteiger partial charge in [0.2, 0.25) is 0 Å². The lowest BCUT2D eigenvalue weighted by Gasteiger charge is -1.98. The van der Waals surface area contributed by atoms with E-state index in [1.54, 1.807) is 6.92 Å². The smallest absolute Gasteiger partial charge is 0.104 e. The van der Waals surface area contributed by atoms with E-state index in [4.69, 9.17) is 10.9 Å². The molecule has 0 unspecified atom stereocenters. The molecule has 3 nitrogen and oxygen atoms in total. The molecule has 0 fully saturated rings. The molecule has 0 radical (unpaired) electrons. The number of nitrogens with zero attached hydrogens (tertiary/aromatic N) is 1. The van der Waals surface area contributed by atoms with E-state index in [0.29, 0.717) is 0 Å². The van der Waals surface area contributed by atoms with Crippen LogP contribution in [-0.4, -0.2) is 17.0 Å². The van der Waals surface area contributed by atoms with Gasteiger partial charge in [0.25, 0.3) is 0 Å². The van der Waals surface area contributed by atoms with Crippen LogP contribution < -0.4 is 5.73 Å². The minimum atomic E-state index is -0.400. The molecule has 0 aliphatic carbocycles. The van der Waals surface area contributed by atoms with Gasteiger partial charge in [0, 0.05) is 12.1 Å². The third-order valence-electron chi connectivity index (χ3n) is 1.59. The maximum absolute atomic E-state index is 8.60. The highest BCUT2D eigenvalue weighted by Crippen LogP contribution is 1.84. The Morgan fingerprint density at radius 1 is 0.952 bits per heavy atom. The number of oxime groups is 1. The SMILES string of the molecule is C=C=C=C=C=C=C=C=C=C=C=C=C=C=C/C(=N/O)[C@H](C)N. The van der Waals surface area contributed by atoms with Crippen LogP contribution in [0.15, 0.2) is 92.3 Å². The Morgan fingerprint density at radius 3 is 1.76 bits per heavy atom. The molecule has 21 heavy (non-hydrogen) atoms. The van der Waals surface area contributed by atoms with Gasteiger partial charge in [0.05, 0.1) is 0 Å². The van der Waals surface area contributed by atoms with Gasteiger partial charge in [-0.25, -0.2) is 0 Å². The van der Waals surface area contributed by atoms with Gasteiger partial charge in [0.1, 0.15) is 5.71 Å². The van der Waals surface area contributed by atoms with Gasteiger partial charge >= 0.3 is 0 Å². The minimum absolute atomic E-state index is 0.275. The van der Waals surface area contributed by atoms with Crippen LogP contribution in [0.25, 0.3) is 0 Å². The van der Waals surface area contributed by atoms with E-state index in [0.717, 1.165) is 0 Å². The fourth-order valence-corrected chi connectivity index (χ4v) is 0.723. The van der Waals surface area contributed by atoms with E-state index in [2.05, 4.69) is 86.2 Å². The second-order valence-corrected chi connectivity index (χ2v) is 3.15. The average molecular weight is 270 g/mol. The topological polar surface area (TPSA) is 58.6 Å². The maximum Gasteiger partial charge on any atom is 0.104 e. The molecule has 0 aliphatic heterocycles. The zero-order chi connectivity index (χ0) is 15.8. The monoisotopic (exact) mass is 270 g/mol. The molecule has 0 bridgehead atoms. The molecular weight excluding hydrogens is 260 g/mol. The fraction of sp³-hybridized carbons (Fsp3) is 0.111. The van der Waals surface area contributed by atoms with Gasteiger partial charge in [0.15, 0.2) is 0 Å². The second kappa shape index (κ2) is 12.8. The van der Waals surface area contributed by atoms with Crippen molar-refractivity contribution < 1.29 is 5.21 Å². The van der Waals surface area contributed by atoms with Crippen molar-refractivity contribution in [3.63, 3.8) is 0 Å². The Kier molecular flexibility index (Phi) is 10.5. The number of rotatable bonds is 2. The predicted molar refractivity (Wildman–Crippen MR) is 78.7 cm³/mol. The molecule has 0 aromatic rings. The highest BCUT2D eigenvalue weighted by Gasteiger charge is 1.99. The van der Waals surface area contributed by atoms with Crippen LogP contribution in [0.1, 0.15) is 6.92 Å². The van der Waals surface area contributed by atoms with Crippen molar-refractivity contribution in [1.82, 2.24) is 0 Å². The standard InChI is InChI=1S/C18H10N2O/c1-3-4-5-6-7-8-9-10-11-12-13-14-15-16-18(20-21)17(2)19/h16-17,21H,1,19H2,2H3/b20-18-/t17-/m0/s1. The minimum Gasteiger partial charge on any atom is -0.411 e. The van der Waals surface area contributed by atoms with Crippen molar-refractivity contribution >= 4 is 5.71 Å². The Morgan fingerprint density at radius 2 is 1.38 bits per heavy atom. The third-order valence-corrected chi connectivity index (χ3v) is 1.59. The van der Waals surface area contributed by atoms with Crippen LogP contribution in [0.2, 0.25) is 0 Å². The third kappa shape index (κ3) is 11.1. The Hall–Kier alpha value is -3.69. The Balaban J connectivity index is 5.54. The van der Waals surface area contributed by atoms with Crippen LogP contribution in [0.5, 0.6) is 0 Å². The van der Waals surface area contributed by atoms with E-state index in [9.17, 15) is 0 Å². The molecule has 0 aliphatic rings. The lowest BCUT2D eigenvalue weighted by molar-refractivity contribution is 0.317. The molecule has 3 N–H and O–H groups in total. The summed E-state index contributed by atoms with van der Waals surface area (Å²) in [5.41, 5.74) is 38.0.